The third-order valence-corrected chi connectivity index (χ3v) is 10.2. The second-order valence-corrected chi connectivity index (χ2v) is 12.2. The maximum atomic E-state index is 14.0. The summed E-state index contributed by atoms with van der Waals surface area (Å²) in [6.45, 7) is 1.59. The number of anilines is 2. The predicted octanol–water partition coefficient (Wildman–Crippen LogP) is 4.57. The SMILES string of the molecule is COc1ccc([C@@H]2c3sc(=O)n(CC(=O)Nc4ccccc4C)c3S[C@H]3C(=O)N(c4ccc([N+](=O)[O-])cc4)C(=O)[C@@H]23)cc1. The van der Waals surface area contributed by atoms with Crippen LogP contribution in [0, 0.1) is 23.0 Å². The Morgan fingerprint density at radius 3 is 2.35 bits per heavy atom. The van der Waals surface area contributed by atoms with Gasteiger partial charge in [0.05, 0.1) is 28.7 Å². The number of thiazole rings is 1. The average molecular weight is 617 g/mol. The summed E-state index contributed by atoms with van der Waals surface area (Å²) in [5.41, 5.74) is 2.27. The number of amides is 3. The zero-order chi connectivity index (χ0) is 30.4. The molecule has 1 aromatic heterocycles. The first-order chi connectivity index (χ1) is 20.7. The number of aryl methyl sites for hydroxylation is 1. The Morgan fingerprint density at radius 1 is 1.00 bits per heavy atom. The van der Waals surface area contributed by atoms with Gasteiger partial charge in [-0.05, 0) is 48.4 Å². The third kappa shape index (κ3) is 5.00. The Balaban J connectivity index is 1.40. The number of aromatic nitrogens is 1. The molecule has 0 radical (unpaired) electrons. The number of para-hydroxylation sites is 1. The normalized spacial score (nSPS) is 19.1. The van der Waals surface area contributed by atoms with Crippen molar-refractivity contribution in [2.45, 2.75) is 29.7 Å². The maximum Gasteiger partial charge on any atom is 0.308 e. The molecule has 13 heteroatoms. The Bertz CT molecular complexity index is 1830. The van der Waals surface area contributed by atoms with Gasteiger partial charge >= 0.3 is 4.87 Å². The summed E-state index contributed by atoms with van der Waals surface area (Å²) in [7, 11) is 1.54. The third-order valence-electron chi connectivity index (χ3n) is 7.56. The van der Waals surface area contributed by atoms with Gasteiger partial charge in [-0.2, -0.15) is 0 Å². The number of fused-ring (bicyclic) bond motifs is 2. The number of hydrogen-bond donors (Lipinski definition) is 1. The molecule has 11 nitrogen and oxygen atoms in total. The summed E-state index contributed by atoms with van der Waals surface area (Å²) in [4.78, 5) is 66.1. The fourth-order valence-corrected chi connectivity index (χ4v) is 8.22. The molecule has 218 valence electrons. The molecule has 3 aromatic carbocycles. The van der Waals surface area contributed by atoms with E-state index in [1.54, 1.807) is 36.4 Å². The molecule has 2 aliphatic heterocycles. The summed E-state index contributed by atoms with van der Waals surface area (Å²) in [5, 5.41) is 13.6. The zero-order valence-electron chi connectivity index (χ0n) is 22.9. The fourth-order valence-electron chi connectivity index (χ4n) is 5.45. The van der Waals surface area contributed by atoms with Crippen molar-refractivity contribution in [2.75, 3.05) is 17.3 Å². The Labute approximate surface area is 253 Å². The number of imide groups is 1. The number of nitrogens with one attached hydrogen (secondary N) is 1. The molecule has 3 amide bonds. The Kier molecular flexibility index (Phi) is 7.36. The molecule has 3 atom stereocenters. The van der Waals surface area contributed by atoms with Crippen LogP contribution in [0.25, 0.3) is 0 Å². The van der Waals surface area contributed by atoms with Crippen molar-refractivity contribution in [3.8, 4) is 5.75 Å². The monoisotopic (exact) mass is 616 g/mol. The van der Waals surface area contributed by atoms with Gasteiger partial charge < -0.3 is 10.1 Å². The van der Waals surface area contributed by atoms with Crippen molar-refractivity contribution < 1.29 is 24.0 Å². The zero-order valence-corrected chi connectivity index (χ0v) is 24.5. The minimum atomic E-state index is -0.887. The van der Waals surface area contributed by atoms with E-state index in [2.05, 4.69) is 5.32 Å². The van der Waals surface area contributed by atoms with E-state index >= 15 is 0 Å². The number of non-ortho nitro benzene ring substituents is 1. The van der Waals surface area contributed by atoms with Crippen LogP contribution in [-0.4, -0.2) is 39.6 Å². The highest BCUT2D eigenvalue weighted by molar-refractivity contribution is 8.00. The lowest BCUT2D eigenvalue weighted by atomic mass is 9.83. The molecule has 0 saturated carbocycles. The van der Waals surface area contributed by atoms with E-state index in [0.717, 1.165) is 33.6 Å². The van der Waals surface area contributed by atoms with E-state index in [9.17, 15) is 29.3 Å². The van der Waals surface area contributed by atoms with Crippen molar-refractivity contribution in [3.63, 3.8) is 0 Å². The van der Waals surface area contributed by atoms with Crippen LogP contribution in [0.3, 0.4) is 0 Å². The summed E-state index contributed by atoms with van der Waals surface area (Å²) in [5.74, 6) is -2.25. The lowest BCUT2D eigenvalue weighted by molar-refractivity contribution is -0.384. The molecular formula is C30H24N4O7S2. The minimum Gasteiger partial charge on any atom is -0.497 e. The molecule has 43 heavy (non-hydrogen) atoms. The first-order valence-corrected chi connectivity index (χ1v) is 14.9. The van der Waals surface area contributed by atoms with Gasteiger partial charge in [0.2, 0.25) is 17.7 Å². The molecule has 0 spiro atoms. The number of carbonyl (C=O) groups is 3. The van der Waals surface area contributed by atoms with Gasteiger partial charge in [0, 0.05) is 28.6 Å². The van der Waals surface area contributed by atoms with E-state index in [-0.39, 0.29) is 22.8 Å². The molecule has 1 N–H and O–H groups in total. The van der Waals surface area contributed by atoms with Crippen LogP contribution in [0.1, 0.15) is 21.9 Å². The van der Waals surface area contributed by atoms with Crippen molar-refractivity contribution >= 4 is 57.9 Å². The van der Waals surface area contributed by atoms with E-state index in [1.165, 1.54) is 35.9 Å². The van der Waals surface area contributed by atoms with Crippen LogP contribution in [0.4, 0.5) is 17.1 Å². The molecule has 2 aliphatic rings. The quantitative estimate of drug-likeness (QED) is 0.181. The van der Waals surface area contributed by atoms with E-state index < -0.39 is 39.7 Å². The summed E-state index contributed by atoms with van der Waals surface area (Å²) in [6.07, 6.45) is 0. The number of hydrogen-bond acceptors (Lipinski definition) is 9. The van der Waals surface area contributed by atoms with Gasteiger partial charge in [0.25, 0.3) is 5.69 Å². The molecule has 1 fully saturated rings. The molecular weight excluding hydrogens is 592 g/mol. The highest BCUT2D eigenvalue weighted by atomic mass is 32.2. The predicted molar refractivity (Wildman–Crippen MR) is 162 cm³/mol. The first-order valence-electron chi connectivity index (χ1n) is 13.2. The van der Waals surface area contributed by atoms with Gasteiger partial charge in [-0.25, -0.2) is 4.90 Å². The minimum absolute atomic E-state index is 0.166. The van der Waals surface area contributed by atoms with Crippen molar-refractivity contribution in [1.29, 1.82) is 0 Å². The van der Waals surface area contributed by atoms with E-state index in [1.807, 2.05) is 19.1 Å². The molecule has 1 saturated heterocycles. The van der Waals surface area contributed by atoms with Crippen LogP contribution < -0.4 is 19.8 Å². The van der Waals surface area contributed by atoms with E-state index in [0.29, 0.717) is 26.9 Å². The highest BCUT2D eigenvalue weighted by Gasteiger charge is 2.56. The van der Waals surface area contributed by atoms with Crippen molar-refractivity contribution in [3.05, 3.63) is 109 Å². The molecule has 0 bridgehead atoms. The number of benzene rings is 3. The van der Waals surface area contributed by atoms with Crippen LogP contribution >= 0.6 is 23.1 Å². The van der Waals surface area contributed by atoms with Crippen LogP contribution in [0.5, 0.6) is 5.75 Å². The molecule has 3 heterocycles. The van der Waals surface area contributed by atoms with Crippen LogP contribution in [-0.2, 0) is 20.9 Å². The molecule has 6 rings (SSSR count). The number of nitro benzene ring substituents is 1. The van der Waals surface area contributed by atoms with Gasteiger partial charge in [-0.3, -0.25) is 33.9 Å². The van der Waals surface area contributed by atoms with Crippen LogP contribution in [0.2, 0.25) is 0 Å². The number of nitro groups is 1. The number of nitrogens with zero attached hydrogens (tertiary/aromatic N) is 3. The summed E-state index contributed by atoms with van der Waals surface area (Å²) < 4.78 is 6.66. The van der Waals surface area contributed by atoms with Crippen molar-refractivity contribution in [1.82, 2.24) is 4.57 Å². The van der Waals surface area contributed by atoms with Crippen LogP contribution in [0.15, 0.2) is 82.6 Å². The Morgan fingerprint density at radius 2 is 1.70 bits per heavy atom. The van der Waals surface area contributed by atoms with Crippen molar-refractivity contribution in [2.24, 2.45) is 5.92 Å². The molecule has 4 aromatic rings. The second-order valence-electron chi connectivity index (χ2n) is 10.1. The smallest absolute Gasteiger partial charge is 0.308 e. The number of rotatable bonds is 7. The van der Waals surface area contributed by atoms with Gasteiger partial charge in [0.15, 0.2) is 0 Å². The summed E-state index contributed by atoms with van der Waals surface area (Å²) >= 11 is 2.05. The number of methoxy groups -OCH3 is 1. The topological polar surface area (TPSA) is 141 Å². The number of carbonyl (C=O) groups excluding carboxylic acids is 3. The fraction of sp³-hybridized carbons (Fsp3) is 0.200. The summed E-state index contributed by atoms with van der Waals surface area (Å²) in [6, 6.07) is 19.6. The molecule has 0 aliphatic carbocycles. The Hall–Kier alpha value is -4.75. The molecule has 0 unspecified atom stereocenters. The van der Waals surface area contributed by atoms with E-state index in [4.69, 9.17) is 4.74 Å². The number of ether oxygens (including phenoxy) is 1. The second kappa shape index (κ2) is 11.2. The lowest BCUT2D eigenvalue weighted by Gasteiger charge is -2.30. The lowest BCUT2D eigenvalue weighted by Crippen LogP contribution is -2.33. The maximum absolute atomic E-state index is 14.0. The van der Waals surface area contributed by atoms with Gasteiger partial charge in [-0.15, -0.1) is 0 Å². The highest BCUT2D eigenvalue weighted by Crippen LogP contribution is 2.54. The standard InChI is InChI=1S/C30H24N4O7S2/c1-16-5-3-4-6-21(16)31-22(35)15-32-29-26(43-30(32)38)23(17-7-13-20(41-2)14-8-17)24-25(42-29)28(37)33(27(24)36)18-9-11-19(12-10-18)34(39)40/h3-14,23-25H,15H2,1-2H3,(H,31,35)/t23-,24-,25+/m0/s1. The largest absolute Gasteiger partial charge is 0.497 e. The first kappa shape index (κ1) is 28.4. The average Bonchev–Trinajstić information content (AvgIpc) is 3.44. The van der Waals surface area contributed by atoms with Gasteiger partial charge in [-0.1, -0.05) is 53.4 Å². The number of thioether (sulfide) groups is 1. The van der Waals surface area contributed by atoms with Gasteiger partial charge in [0.1, 0.15) is 17.5 Å².